The smallest absolute Gasteiger partial charge is 0.171 e. The molecular weight excluding hydrogens is 338 g/mol. The number of anilines is 2. The first-order valence-electron chi connectivity index (χ1n) is 5.84. The maximum absolute atomic E-state index is 11.5. The molecule has 2 aromatic rings. The molecule has 0 fully saturated rings. The van der Waals surface area contributed by atoms with Gasteiger partial charge >= 0.3 is 0 Å². The van der Waals surface area contributed by atoms with Crippen LogP contribution in [0.2, 0.25) is 0 Å². The van der Waals surface area contributed by atoms with E-state index in [0.29, 0.717) is 22.0 Å². The molecule has 0 spiro atoms. The number of rotatable bonds is 4. The molecule has 0 saturated heterocycles. The van der Waals surface area contributed by atoms with Crippen LogP contribution in [0, 0.1) is 11.3 Å². The maximum atomic E-state index is 11.5. The van der Waals surface area contributed by atoms with Crippen LogP contribution in [-0.4, -0.2) is 5.78 Å². The lowest BCUT2D eigenvalue weighted by molar-refractivity contribution is 0.102. The van der Waals surface area contributed by atoms with Gasteiger partial charge in [0.1, 0.15) is 16.6 Å². The number of carbonyl (C=O) groups is 1. The minimum absolute atomic E-state index is 0.125. The predicted molar refractivity (Wildman–Crippen MR) is 84.9 cm³/mol. The van der Waals surface area contributed by atoms with Gasteiger partial charge in [-0.25, -0.2) is 0 Å². The average Bonchev–Trinajstić information content (AvgIpc) is 2.73. The zero-order valence-electron chi connectivity index (χ0n) is 10.7. The van der Waals surface area contributed by atoms with E-state index < -0.39 is 0 Å². The Bertz CT molecular complexity index is 703. The first kappa shape index (κ1) is 14.6. The second-order valence-corrected chi connectivity index (χ2v) is 6.14. The highest BCUT2D eigenvalue weighted by Crippen LogP contribution is 2.35. The van der Waals surface area contributed by atoms with Crippen LogP contribution in [0.5, 0.6) is 0 Å². The van der Waals surface area contributed by atoms with Crippen molar-refractivity contribution in [2.75, 3.05) is 11.1 Å². The molecule has 6 heteroatoms. The lowest BCUT2D eigenvalue weighted by atomic mass is 10.2. The van der Waals surface area contributed by atoms with Crippen molar-refractivity contribution in [2.45, 2.75) is 13.5 Å². The van der Waals surface area contributed by atoms with Crippen LogP contribution < -0.4 is 11.1 Å². The minimum atomic E-state index is -0.125. The van der Waals surface area contributed by atoms with Crippen LogP contribution in [-0.2, 0) is 6.54 Å². The third kappa shape index (κ3) is 3.00. The maximum Gasteiger partial charge on any atom is 0.171 e. The van der Waals surface area contributed by atoms with Crippen molar-refractivity contribution in [3.05, 3.63) is 44.7 Å². The number of nitriles is 1. The van der Waals surface area contributed by atoms with Crippen molar-refractivity contribution >= 4 is 43.7 Å². The van der Waals surface area contributed by atoms with E-state index >= 15 is 0 Å². The average molecular weight is 350 g/mol. The Morgan fingerprint density at radius 1 is 1.55 bits per heavy atom. The second-order valence-electron chi connectivity index (χ2n) is 4.20. The summed E-state index contributed by atoms with van der Waals surface area (Å²) in [5, 5.41) is 13.0. The predicted octanol–water partition coefficient (Wildman–Crippen LogP) is 3.78. The standard InChI is InChI=1S/C14H12BrN3OS/c1-8(19)13-12(17)11(6-16)14(20-13)18-7-9-3-2-4-10(15)5-9/h2-5,18H,7,17H2,1H3. The number of ketones is 1. The molecular formula is C14H12BrN3OS. The fourth-order valence-electron chi connectivity index (χ4n) is 1.77. The van der Waals surface area contributed by atoms with Gasteiger partial charge in [-0.15, -0.1) is 11.3 Å². The van der Waals surface area contributed by atoms with E-state index in [9.17, 15) is 4.79 Å². The van der Waals surface area contributed by atoms with Crippen molar-refractivity contribution in [1.82, 2.24) is 0 Å². The summed E-state index contributed by atoms with van der Waals surface area (Å²) in [4.78, 5) is 11.9. The Balaban J connectivity index is 2.24. The van der Waals surface area contributed by atoms with Crippen molar-refractivity contribution in [3.8, 4) is 6.07 Å². The Kier molecular flexibility index (Phi) is 4.42. The van der Waals surface area contributed by atoms with Gasteiger partial charge in [0.15, 0.2) is 5.78 Å². The van der Waals surface area contributed by atoms with Gasteiger partial charge in [0.2, 0.25) is 0 Å². The van der Waals surface area contributed by atoms with Crippen LogP contribution in [0.3, 0.4) is 0 Å². The molecule has 102 valence electrons. The number of nitrogen functional groups attached to an aromatic ring is 1. The van der Waals surface area contributed by atoms with Gasteiger partial charge < -0.3 is 11.1 Å². The summed E-state index contributed by atoms with van der Waals surface area (Å²) in [7, 11) is 0. The molecule has 0 amide bonds. The van der Waals surface area contributed by atoms with Crippen LogP contribution in [0.4, 0.5) is 10.7 Å². The Morgan fingerprint density at radius 2 is 2.30 bits per heavy atom. The summed E-state index contributed by atoms with van der Waals surface area (Å²) in [5.41, 5.74) is 7.51. The monoisotopic (exact) mass is 349 g/mol. The molecule has 20 heavy (non-hydrogen) atoms. The topological polar surface area (TPSA) is 78.9 Å². The van der Waals surface area contributed by atoms with E-state index in [1.807, 2.05) is 30.3 Å². The molecule has 0 aliphatic heterocycles. The summed E-state index contributed by atoms with van der Waals surface area (Å²) >= 11 is 4.63. The quantitative estimate of drug-likeness (QED) is 0.823. The van der Waals surface area contributed by atoms with E-state index in [4.69, 9.17) is 11.0 Å². The molecule has 0 aliphatic rings. The number of Topliss-reactive ketones (excluding diaryl/α,β-unsaturated/α-hetero) is 1. The van der Waals surface area contributed by atoms with E-state index in [1.165, 1.54) is 18.3 Å². The van der Waals surface area contributed by atoms with Gasteiger partial charge in [-0.05, 0) is 17.7 Å². The molecule has 1 aromatic carbocycles. The molecule has 0 radical (unpaired) electrons. The van der Waals surface area contributed by atoms with Crippen molar-refractivity contribution in [1.29, 1.82) is 5.26 Å². The third-order valence-electron chi connectivity index (χ3n) is 2.72. The summed E-state index contributed by atoms with van der Waals surface area (Å²) in [6, 6.07) is 9.90. The zero-order valence-corrected chi connectivity index (χ0v) is 13.1. The highest BCUT2D eigenvalue weighted by atomic mass is 79.9. The molecule has 3 N–H and O–H groups in total. The molecule has 0 aliphatic carbocycles. The lowest BCUT2D eigenvalue weighted by Gasteiger charge is -2.05. The number of benzene rings is 1. The highest BCUT2D eigenvalue weighted by molar-refractivity contribution is 9.10. The fraction of sp³-hybridized carbons (Fsp3) is 0.143. The lowest BCUT2D eigenvalue weighted by Crippen LogP contribution is -1.99. The summed E-state index contributed by atoms with van der Waals surface area (Å²) in [6.07, 6.45) is 0. The van der Waals surface area contributed by atoms with Crippen molar-refractivity contribution in [2.24, 2.45) is 0 Å². The SMILES string of the molecule is CC(=O)c1sc(NCc2cccc(Br)c2)c(C#N)c1N. The number of nitrogens with two attached hydrogens (primary N) is 1. The van der Waals surface area contributed by atoms with E-state index in [0.717, 1.165) is 10.0 Å². The van der Waals surface area contributed by atoms with Crippen LogP contribution in [0.25, 0.3) is 0 Å². The number of nitrogens with zero attached hydrogens (tertiary/aromatic N) is 1. The first-order chi connectivity index (χ1) is 9.52. The second kappa shape index (κ2) is 6.07. The van der Waals surface area contributed by atoms with Gasteiger partial charge in [0.05, 0.1) is 10.6 Å². The van der Waals surface area contributed by atoms with Gasteiger partial charge in [-0.1, -0.05) is 28.1 Å². The largest absolute Gasteiger partial charge is 0.396 e. The number of hydrogen-bond donors (Lipinski definition) is 2. The van der Waals surface area contributed by atoms with Crippen molar-refractivity contribution < 1.29 is 4.79 Å². The first-order valence-corrected chi connectivity index (χ1v) is 7.45. The number of thiophene rings is 1. The normalized spacial score (nSPS) is 10.1. The number of carbonyl (C=O) groups excluding carboxylic acids is 1. The van der Waals surface area contributed by atoms with Crippen LogP contribution in [0.1, 0.15) is 27.7 Å². The highest BCUT2D eigenvalue weighted by Gasteiger charge is 2.18. The van der Waals surface area contributed by atoms with Crippen molar-refractivity contribution in [3.63, 3.8) is 0 Å². The van der Waals surface area contributed by atoms with Crippen LogP contribution in [0.15, 0.2) is 28.7 Å². The van der Waals surface area contributed by atoms with Gasteiger partial charge in [0.25, 0.3) is 0 Å². The number of hydrogen-bond acceptors (Lipinski definition) is 5. The zero-order chi connectivity index (χ0) is 14.7. The number of halogens is 1. The van der Waals surface area contributed by atoms with Gasteiger partial charge in [-0.3, -0.25) is 4.79 Å². The molecule has 1 aromatic heterocycles. The molecule has 0 atom stereocenters. The fourth-order valence-corrected chi connectivity index (χ4v) is 3.18. The Hall–Kier alpha value is -1.84. The number of nitrogens with one attached hydrogen (secondary N) is 1. The summed E-state index contributed by atoms with van der Waals surface area (Å²) < 4.78 is 0.993. The third-order valence-corrected chi connectivity index (χ3v) is 4.48. The summed E-state index contributed by atoms with van der Waals surface area (Å²) in [5.74, 6) is -0.125. The minimum Gasteiger partial charge on any atom is -0.396 e. The Morgan fingerprint density at radius 3 is 2.90 bits per heavy atom. The van der Waals surface area contributed by atoms with Gasteiger partial charge in [-0.2, -0.15) is 5.26 Å². The van der Waals surface area contributed by atoms with E-state index in [1.54, 1.807) is 0 Å². The molecule has 0 bridgehead atoms. The Labute approximate surface area is 129 Å². The van der Waals surface area contributed by atoms with Gasteiger partial charge in [0, 0.05) is 17.9 Å². The van der Waals surface area contributed by atoms with Crippen LogP contribution >= 0.6 is 27.3 Å². The molecule has 0 saturated carbocycles. The molecule has 2 rings (SSSR count). The summed E-state index contributed by atoms with van der Waals surface area (Å²) in [6.45, 7) is 2.01. The van der Waals surface area contributed by atoms with E-state index in [-0.39, 0.29) is 11.5 Å². The molecule has 0 unspecified atom stereocenters. The van der Waals surface area contributed by atoms with E-state index in [2.05, 4.69) is 21.2 Å². The molecule has 1 heterocycles. The molecule has 4 nitrogen and oxygen atoms in total.